The second kappa shape index (κ2) is 7.72. The number of ether oxygens (including phenoxy) is 1. The van der Waals surface area contributed by atoms with Crippen LogP contribution in [-0.2, 0) is 9.59 Å². The second-order valence-electron chi connectivity index (χ2n) is 6.43. The van der Waals surface area contributed by atoms with E-state index in [0.717, 1.165) is 11.1 Å². The van der Waals surface area contributed by atoms with E-state index in [1.165, 1.54) is 0 Å². The van der Waals surface area contributed by atoms with Crippen LogP contribution in [0.2, 0.25) is 0 Å². The zero-order valence-electron chi connectivity index (χ0n) is 14.6. The van der Waals surface area contributed by atoms with Crippen LogP contribution in [0.5, 0.6) is 5.75 Å². The van der Waals surface area contributed by atoms with Crippen LogP contribution in [0.15, 0.2) is 48.5 Å². The Kier molecular flexibility index (Phi) is 5.36. The van der Waals surface area contributed by atoms with Crippen LogP contribution in [0.25, 0.3) is 11.1 Å². The lowest BCUT2D eigenvalue weighted by atomic mass is 10.0. The van der Waals surface area contributed by atoms with Gasteiger partial charge in [0.2, 0.25) is 5.91 Å². The van der Waals surface area contributed by atoms with E-state index in [-0.39, 0.29) is 18.7 Å². The van der Waals surface area contributed by atoms with Crippen molar-refractivity contribution in [1.29, 1.82) is 5.26 Å². The molecule has 1 unspecified atom stereocenters. The summed E-state index contributed by atoms with van der Waals surface area (Å²) < 4.78 is 42.6. The van der Waals surface area contributed by atoms with E-state index in [4.69, 9.17) is 10.00 Å². The Morgan fingerprint density at radius 3 is 2.21 bits per heavy atom. The first-order valence-electron chi connectivity index (χ1n) is 8.42. The topological polar surface area (TPSA) is 70.4 Å². The first-order chi connectivity index (χ1) is 13.2. The molecule has 0 saturated carbocycles. The molecule has 144 valence electrons. The number of carbonyl (C=O) groups is 2. The van der Waals surface area contributed by atoms with Gasteiger partial charge in [0.15, 0.2) is 0 Å². The highest BCUT2D eigenvalue weighted by Gasteiger charge is 2.41. The Morgan fingerprint density at radius 2 is 1.68 bits per heavy atom. The number of halogens is 3. The summed E-state index contributed by atoms with van der Waals surface area (Å²) >= 11 is 0. The van der Waals surface area contributed by atoms with Gasteiger partial charge in [0.05, 0.1) is 17.6 Å². The van der Waals surface area contributed by atoms with Gasteiger partial charge in [-0.1, -0.05) is 24.3 Å². The van der Waals surface area contributed by atoms with E-state index < -0.39 is 30.5 Å². The van der Waals surface area contributed by atoms with E-state index >= 15 is 0 Å². The highest BCUT2D eigenvalue weighted by molar-refractivity contribution is 5.87. The van der Waals surface area contributed by atoms with Gasteiger partial charge in [-0.3, -0.25) is 9.59 Å². The fourth-order valence-electron chi connectivity index (χ4n) is 2.95. The van der Waals surface area contributed by atoms with Crippen molar-refractivity contribution in [3.63, 3.8) is 0 Å². The molecule has 0 aliphatic carbocycles. The third-order valence-corrected chi connectivity index (χ3v) is 4.34. The van der Waals surface area contributed by atoms with Crippen LogP contribution in [0, 0.1) is 17.2 Å². The summed E-state index contributed by atoms with van der Waals surface area (Å²) in [6, 6.07) is 15.6. The smallest absolute Gasteiger partial charge is 0.406 e. The first kappa shape index (κ1) is 19.4. The number of carbonyl (C=O) groups excluding carboxylic acids is 2. The van der Waals surface area contributed by atoms with Crippen molar-refractivity contribution < 1.29 is 27.5 Å². The molecule has 1 aliphatic rings. The van der Waals surface area contributed by atoms with Crippen molar-refractivity contribution in [2.24, 2.45) is 5.92 Å². The Hall–Kier alpha value is -3.34. The lowest BCUT2D eigenvalue weighted by Gasteiger charge is -2.18. The maximum atomic E-state index is 12.5. The first-order valence-corrected chi connectivity index (χ1v) is 8.42. The Labute approximate surface area is 158 Å². The SMILES string of the molecule is N#Cc1ccc(-c2ccc(OC(=O)C3CC(=O)N(CC(F)(F)F)C3)cc2)cc1. The Morgan fingerprint density at radius 1 is 1.11 bits per heavy atom. The molecule has 1 atom stereocenters. The summed E-state index contributed by atoms with van der Waals surface area (Å²) in [6.45, 7) is -1.67. The minimum atomic E-state index is -4.50. The van der Waals surface area contributed by atoms with Crippen molar-refractivity contribution in [3.8, 4) is 22.9 Å². The van der Waals surface area contributed by atoms with Crippen LogP contribution >= 0.6 is 0 Å². The van der Waals surface area contributed by atoms with Gasteiger partial charge in [-0.2, -0.15) is 18.4 Å². The van der Waals surface area contributed by atoms with Gasteiger partial charge in [-0.15, -0.1) is 0 Å². The van der Waals surface area contributed by atoms with Crippen molar-refractivity contribution in [2.45, 2.75) is 12.6 Å². The van der Waals surface area contributed by atoms with Crippen molar-refractivity contribution >= 4 is 11.9 Å². The lowest BCUT2D eigenvalue weighted by Crippen LogP contribution is -2.36. The van der Waals surface area contributed by atoms with Gasteiger partial charge in [-0.05, 0) is 35.4 Å². The summed E-state index contributed by atoms with van der Waals surface area (Å²) in [5.41, 5.74) is 2.26. The normalized spacial score (nSPS) is 16.7. The average molecular weight is 388 g/mol. The van der Waals surface area contributed by atoms with Gasteiger partial charge in [-0.25, -0.2) is 0 Å². The highest BCUT2D eigenvalue weighted by Crippen LogP contribution is 2.27. The zero-order valence-corrected chi connectivity index (χ0v) is 14.6. The molecule has 0 spiro atoms. The zero-order chi connectivity index (χ0) is 20.3. The van der Waals surface area contributed by atoms with Crippen molar-refractivity contribution in [1.82, 2.24) is 4.90 Å². The van der Waals surface area contributed by atoms with Crippen LogP contribution in [0.1, 0.15) is 12.0 Å². The largest absolute Gasteiger partial charge is 0.426 e. The Bertz CT molecular complexity index is 916. The highest BCUT2D eigenvalue weighted by atomic mass is 19.4. The third kappa shape index (κ3) is 4.68. The maximum absolute atomic E-state index is 12.5. The van der Waals surface area contributed by atoms with Crippen molar-refractivity contribution in [2.75, 3.05) is 13.1 Å². The second-order valence-corrected chi connectivity index (χ2v) is 6.43. The number of nitriles is 1. The third-order valence-electron chi connectivity index (χ3n) is 4.34. The number of benzene rings is 2. The van der Waals surface area contributed by atoms with E-state index in [1.807, 2.05) is 6.07 Å². The molecule has 0 aromatic heterocycles. The molecule has 1 saturated heterocycles. The summed E-state index contributed by atoms with van der Waals surface area (Å²) in [7, 11) is 0. The van der Waals surface area contributed by atoms with E-state index in [1.54, 1.807) is 48.5 Å². The molecule has 5 nitrogen and oxygen atoms in total. The molecule has 1 aliphatic heterocycles. The summed E-state index contributed by atoms with van der Waals surface area (Å²) in [5.74, 6) is -2.13. The molecule has 1 amide bonds. The summed E-state index contributed by atoms with van der Waals surface area (Å²) in [5, 5.41) is 8.82. The number of hydrogen-bond donors (Lipinski definition) is 0. The van der Waals surface area contributed by atoms with Gasteiger partial charge in [0, 0.05) is 13.0 Å². The summed E-state index contributed by atoms with van der Waals surface area (Å²) in [4.78, 5) is 24.5. The molecular weight excluding hydrogens is 373 g/mol. The molecule has 0 N–H and O–H groups in total. The fraction of sp³-hybridized carbons (Fsp3) is 0.250. The van der Waals surface area contributed by atoms with Crippen LogP contribution in [0.4, 0.5) is 13.2 Å². The predicted octanol–water partition coefficient (Wildman–Crippen LogP) is 3.54. The summed E-state index contributed by atoms with van der Waals surface area (Å²) in [6.07, 6.45) is -4.80. The monoisotopic (exact) mass is 388 g/mol. The number of esters is 1. The Balaban J connectivity index is 1.62. The predicted molar refractivity (Wildman–Crippen MR) is 93.0 cm³/mol. The standard InChI is InChI=1S/C20H15F3N2O3/c21-20(22,23)12-25-11-16(9-18(25)26)19(27)28-17-7-5-15(6-8-17)14-3-1-13(10-24)2-4-14/h1-8,16H,9,11-12H2. The number of alkyl halides is 3. The minimum absolute atomic E-state index is 0.240. The fourth-order valence-corrected chi connectivity index (χ4v) is 2.95. The molecule has 1 fully saturated rings. The van der Waals surface area contributed by atoms with E-state index in [2.05, 4.69) is 0 Å². The molecule has 2 aromatic rings. The molecular formula is C20H15F3N2O3. The molecule has 3 rings (SSSR count). The molecule has 2 aromatic carbocycles. The van der Waals surface area contributed by atoms with Gasteiger partial charge in [0.25, 0.3) is 0 Å². The molecule has 0 bridgehead atoms. The van der Waals surface area contributed by atoms with Crippen LogP contribution < -0.4 is 4.74 Å². The van der Waals surface area contributed by atoms with E-state index in [9.17, 15) is 22.8 Å². The number of likely N-dealkylation sites (tertiary alicyclic amines) is 1. The van der Waals surface area contributed by atoms with Gasteiger partial charge in [0.1, 0.15) is 12.3 Å². The van der Waals surface area contributed by atoms with Crippen LogP contribution in [-0.4, -0.2) is 36.0 Å². The maximum Gasteiger partial charge on any atom is 0.406 e. The quantitative estimate of drug-likeness (QED) is 0.593. The molecule has 8 heteroatoms. The number of hydrogen-bond acceptors (Lipinski definition) is 4. The average Bonchev–Trinajstić information content (AvgIpc) is 3.01. The number of nitrogens with zero attached hydrogens (tertiary/aromatic N) is 2. The molecule has 1 heterocycles. The number of rotatable bonds is 4. The molecule has 0 radical (unpaired) electrons. The van der Waals surface area contributed by atoms with Crippen molar-refractivity contribution in [3.05, 3.63) is 54.1 Å². The van der Waals surface area contributed by atoms with Gasteiger partial charge >= 0.3 is 12.1 Å². The van der Waals surface area contributed by atoms with E-state index in [0.29, 0.717) is 10.5 Å². The lowest BCUT2D eigenvalue weighted by molar-refractivity contribution is -0.157. The molecule has 28 heavy (non-hydrogen) atoms. The van der Waals surface area contributed by atoms with Crippen LogP contribution in [0.3, 0.4) is 0 Å². The van der Waals surface area contributed by atoms with Gasteiger partial charge < -0.3 is 9.64 Å². The minimum Gasteiger partial charge on any atom is -0.426 e. The number of amides is 1.